The molecule has 0 aliphatic carbocycles. The zero-order valence-electron chi connectivity index (χ0n) is 8.44. The molecule has 16 heavy (non-hydrogen) atoms. The SMILES string of the molecule is Brc1ccccc1-c1c[nH]c2cccnc12. The van der Waals surface area contributed by atoms with E-state index < -0.39 is 0 Å². The van der Waals surface area contributed by atoms with Gasteiger partial charge in [-0.2, -0.15) is 0 Å². The van der Waals surface area contributed by atoms with E-state index >= 15 is 0 Å². The lowest BCUT2D eigenvalue weighted by Gasteiger charge is -2.01. The summed E-state index contributed by atoms with van der Waals surface area (Å²) in [5, 5.41) is 0. The molecule has 0 radical (unpaired) electrons. The molecule has 0 saturated heterocycles. The highest BCUT2D eigenvalue weighted by atomic mass is 79.9. The van der Waals surface area contributed by atoms with Gasteiger partial charge in [-0.1, -0.05) is 34.1 Å². The molecule has 0 amide bonds. The summed E-state index contributed by atoms with van der Waals surface area (Å²) in [5.41, 5.74) is 4.36. The lowest BCUT2D eigenvalue weighted by molar-refractivity contribution is 1.41. The Morgan fingerprint density at radius 1 is 1.00 bits per heavy atom. The largest absolute Gasteiger partial charge is 0.359 e. The predicted molar refractivity (Wildman–Crippen MR) is 69.2 cm³/mol. The number of hydrogen-bond donors (Lipinski definition) is 1. The molecule has 0 saturated carbocycles. The van der Waals surface area contributed by atoms with E-state index in [1.807, 2.05) is 42.7 Å². The van der Waals surface area contributed by atoms with E-state index in [1.165, 1.54) is 0 Å². The fraction of sp³-hybridized carbons (Fsp3) is 0. The first-order chi connectivity index (χ1) is 7.86. The Morgan fingerprint density at radius 2 is 1.88 bits per heavy atom. The van der Waals surface area contributed by atoms with Gasteiger partial charge in [-0.15, -0.1) is 0 Å². The lowest BCUT2D eigenvalue weighted by Crippen LogP contribution is -1.79. The highest BCUT2D eigenvalue weighted by Gasteiger charge is 2.08. The maximum absolute atomic E-state index is 4.41. The Kier molecular flexibility index (Phi) is 2.26. The number of rotatable bonds is 1. The smallest absolute Gasteiger partial charge is 0.0957 e. The molecule has 1 aromatic carbocycles. The number of aromatic nitrogens is 2. The lowest BCUT2D eigenvalue weighted by atomic mass is 10.1. The molecular weight excluding hydrogens is 264 g/mol. The van der Waals surface area contributed by atoms with Crippen LogP contribution in [0.3, 0.4) is 0 Å². The van der Waals surface area contributed by atoms with E-state index in [0.29, 0.717) is 0 Å². The van der Waals surface area contributed by atoms with Crippen molar-refractivity contribution in [3.05, 3.63) is 53.3 Å². The first-order valence-electron chi connectivity index (χ1n) is 5.03. The van der Waals surface area contributed by atoms with Crippen LogP contribution in [0, 0.1) is 0 Å². The Hall–Kier alpha value is -1.61. The molecule has 78 valence electrons. The second kappa shape index (κ2) is 3.76. The number of aromatic amines is 1. The molecule has 0 unspecified atom stereocenters. The molecule has 3 rings (SSSR count). The van der Waals surface area contributed by atoms with E-state index in [0.717, 1.165) is 26.6 Å². The molecule has 0 bridgehead atoms. The van der Waals surface area contributed by atoms with Crippen molar-refractivity contribution in [1.29, 1.82) is 0 Å². The van der Waals surface area contributed by atoms with Gasteiger partial charge < -0.3 is 4.98 Å². The summed E-state index contributed by atoms with van der Waals surface area (Å²) in [7, 11) is 0. The van der Waals surface area contributed by atoms with Gasteiger partial charge in [0.25, 0.3) is 0 Å². The van der Waals surface area contributed by atoms with Crippen LogP contribution in [0.4, 0.5) is 0 Å². The van der Waals surface area contributed by atoms with Crippen molar-refractivity contribution in [2.24, 2.45) is 0 Å². The van der Waals surface area contributed by atoms with E-state index in [9.17, 15) is 0 Å². The van der Waals surface area contributed by atoms with E-state index in [4.69, 9.17) is 0 Å². The summed E-state index contributed by atoms with van der Waals surface area (Å²) >= 11 is 3.56. The van der Waals surface area contributed by atoms with Crippen LogP contribution < -0.4 is 0 Å². The van der Waals surface area contributed by atoms with Crippen LogP contribution in [0.2, 0.25) is 0 Å². The van der Waals surface area contributed by atoms with Crippen LogP contribution in [0.25, 0.3) is 22.2 Å². The van der Waals surface area contributed by atoms with Crippen molar-refractivity contribution < 1.29 is 0 Å². The molecule has 1 N–H and O–H groups in total. The quantitative estimate of drug-likeness (QED) is 0.713. The van der Waals surface area contributed by atoms with Crippen LogP contribution in [0.1, 0.15) is 0 Å². The number of hydrogen-bond acceptors (Lipinski definition) is 1. The Bertz CT molecular complexity index is 643. The molecule has 3 heteroatoms. The van der Waals surface area contributed by atoms with Crippen molar-refractivity contribution >= 4 is 27.0 Å². The van der Waals surface area contributed by atoms with Crippen molar-refractivity contribution in [1.82, 2.24) is 9.97 Å². The van der Waals surface area contributed by atoms with Crippen LogP contribution in [-0.4, -0.2) is 9.97 Å². The van der Waals surface area contributed by atoms with Crippen molar-refractivity contribution in [2.45, 2.75) is 0 Å². The maximum Gasteiger partial charge on any atom is 0.0957 e. The average Bonchev–Trinajstić information content (AvgIpc) is 2.74. The fourth-order valence-electron chi connectivity index (χ4n) is 1.84. The normalized spacial score (nSPS) is 10.8. The first kappa shape index (κ1) is 9.60. The molecule has 0 aliphatic rings. The van der Waals surface area contributed by atoms with Gasteiger partial charge in [0.1, 0.15) is 0 Å². The van der Waals surface area contributed by atoms with Crippen LogP contribution in [-0.2, 0) is 0 Å². The number of benzene rings is 1. The minimum atomic E-state index is 1.01. The van der Waals surface area contributed by atoms with Gasteiger partial charge >= 0.3 is 0 Å². The third-order valence-corrected chi connectivity index (χ3v) is 3.29. The van der Waals surface area contributed by atoms with Gasteiger partial charge in [-0.3, -0.25) is 4.98 Å². The number of fused-ring (bicyclic) bond motifs is 1. The topological polar surface area (TPSA) is 28.7 Å². The van der Waals surface area contributed by atoms with E-state index in [-0.39, 0.29) is 0 Å². The summed E-state index contributed by atoms with van der Waals surface area (Å²) in [4.78, 5) is 7.64. The van der Waals surface area contributed by atoms with Crippen molar-refractivity contribution in [3.8, 4) is 11.1 Å². The van der Waals surface area contributed by atoms with Gasteiger partial charge in [0.15, 0.2) is 0 Å². The zero-order chi connectivity index (χ0) is 11.0. The van der Waals surface area contributed by atoms with Crippen molar-refractivity contribution in [2.75, 3.05) is 0 Å². The molecule has 2 heterocycles. The summed E-state index contributed by atoms with van der Waals surface area (Å²) in [6, 6.07) is 12.1. The van der Waals surface area contributed by atoms with Gasteiger partial charge in [-0.25, -0.2) is 0 Å². The number of halogens is 1. The summed E-state index contributed by atoms with van der Waals surface area (Å²) in [6.07, 6.45) is 3.81. The van der Waals surface area contributed by atoms with Crippen LogP contribution in [0.15, 0.2) is 53.3 Å². The molecule has 2 nitrogen and oxygen atoms in total. The Labute approximate surface area is 101 Å². The average molecular weight is 273 g/mol. The molecule has 3 aromatic rings. The second-order valence-electron chi connectivity index (χ2n) is 3.58. The fourth-order valence-corrected chi connectivity index (χ4v) is 2.34. The Morgan fingerprint density at radius 3 is 2.75 bits per heavy atom. The third-order valence-electron chi connectivity index (χ3n) is 2.60. The highest BCUT2D eigenvalue weighted by Crippen LogP contribution is 2.32. The predicted octanol–water partition coefficient (Wildman–Crippen LogP) is 3.99. The number of nitrogens with one attached hydrogen (secondary N) is 1. The number of nitrogens with zero attached hydrogens (tertiary/aromatic N) is 1. The van der Waals surface area contributed by atoms with Crippen LogP contribution in [0.5, 0.6) is 0 Å². The van der Waals surface area contributed by atoms with Gasteiger partial charge in [-0.05, 0) is 23.8 Å². The summed E-state index contributed by atoms with van der Waals surface area (Å²) < 4.78 is 1.08. The molecule has 0 aliphatic heterocycles. The second-order valence-corrected chi connectivity index (χ2v) is 4.44. The third kappa shape index (κ3) is 1.44. The maximum atomic E-state index is 4.41. The minimum absolute atomic E-state index is 1.01. The summed E-state index contributed by atoms with van der Waals surface area (Å²) in [6.45, 7) is 0. The van der Waals surface area contributed by atoms with Crippen molar-refractivity contribution in [3.63, 3.8) is 0 Å². The summed E-state index contributed by atoms with van der Waals surface area (Å²) in [5.74, 6) is 0. The van der Waals surface area contributed by atoms with E-state index in [1.54, 1.807) is 0 Å². The number of pyridine rings is 1. The molecule has 0 fully saturated rings. The van der Waals surface area contributed by atoms with E-state index in [2.05, 4.69) is 32.0 Å². The monoisotopic (exact) mass is 272 g/mol. The number of H-pyrrole nitrogens is 1. The van der Waals surface area contributed by atoms with Gasteiger partial charge in [0.05, 0.1) is 11.0 Å². The highest BCUT2D eigenvalue weighted by molar-refractivity contribution is 9.10. The molecule has 0 spiro atoms. The molecular formula is C13H9BrN2. The zero-order valence-corrected chi connectivity index (χ0v) is 10.0. The molecule has 2 aromatic heterocycles. The van der Waals surface area contributed by atoms with Crippen LogP contribution >= 0.6 is 15.9 Å². The van der Waals surface area contributed by atoms with Gasteiger partial charge in [0, 0.05) is 22.4 Å². The minimum Gasteiger partial charge on any atom is -0.359 e. The Balaban J connectivity index is 2.31. The standard InChI is InChI=1S/C13H9BrN2/c14-11-5-2-1-4-9(11)10-8-16-12-6-3-7-15-13(10)12/h1-8,16H. The first-order valence-corrected chi connectivity index (χ1v) is 5.82. The van der Waals surface area contributed by atoms with Gasteiger partial charge in [0.2, 0.25) is 0 Å². The molecule has 0 atom stereocenters.